The number of ether oxygens (including phenoxy) is 1. The molecule has 0 unspecified atom stereocenters. The van der Waals surface area contributed by atoms with Gasteiger partial charge in [-0.1, -0.05) is 42.3 Å². The van der Waals surface area contributed by atoms with Crippen LogP contribution in [0.2, 0.25) is 10.0 Å². The summed E-state index contributed by atoms with van der Waals surface area (Å²) in [6, 6.07) is 8.13. The van der Waals surface area contributed by atoms with Crippen LogP contribution in [0.3, 0.4) is 0 Å². The van der Waals surface area contributed by atoms with E-state index in [1.165, 1.54) is 19.1 Å². The van der Waals surface area contributed by atoms with Gasteiger partial charge in [0.05, 0.1) is 16.7 Å². The largest absolute Gasteiger partial charge is 0.505 e. The molecule has 0 atom stereocenters. The molecule has 0 aliphatic rings. The van der Waals surface area contributed by atoms with Gasteiger partial charge in [0.15, 0.2) is 23.0 Å². The van der Waals surface area contributed by atoms with Gasteiger partial charge in [0.1, 0.15) is 0 Å². The molecule has 130 valence electrons. The highest BCUT2D eigenvalue weighted by molar-refractivity contribution is 6.37. The van der Waals surface area contributed by atoms with E-state index in [4.69, 9.17) is 33.0 Å². The third kappa shape index (κ3) is 5.62. The van der Waals surface area contributed by atoms with Crippen LogP contribution in [0, 0.1) is 6.92 Å². The Labute approximate surface area is 151 Å². The number of phenols is 2. The van der Waals surface area contributed by atoms with Crippen LogP contribution in [0.5, 0.6) is 17.2 Å². The molecule has 0 amide bonds. The summed E-state index contributed by atoms with van der Waals surface area (Å²) in [7, 11) is 0. The number of Topliss-reactive ketones (excluding diaryl/α,β-unsaturated/α-hetero) is 1. The number of phenolic OH excluding ortho intramolecular Hbond substituents is 2. The van der Waals surface area contributed by atoms with Gasteiger partial charge in [0.2, 0.25) is 0 Å². The van der Waals surface area contributed by atoms with Gasteiger partial charge in [0.25, 0.3) is 0 Å². The van der Waals surface area contributed by atoms with Crippen molar-refractivity contribution >= 4 is 29.0 Å². The van der Waals surface area contributed by atoms with Crippen LogP contribution in [-0.2, 0) is 0 Å². The first kappa shape index (κ1) is 20.1. The quantitative estimate of drug-likeness (QED) is 0.707. The average Bonchev–Trinajstić information content (AvgIpc) is 2.52. The Balaban J connectivity index is 0.000000240. The second-order valence-corrected chi connectivity index (χ2v) is 5.93. The maximum Gasteiger partial charge on any atom is 0.163 e. The van der Waals surface area contributed by atoms with Crippen molar-refractivity contribution in [1.29, 1.82) is 0 Å². The van der Waals surface area contributed by atoms with Crippen LogP contribution in [0.1, 0.15) is 36.2 Å². The summed E-state index contributed by atoms with van der Waals surface area (Å²) in [5.41, 5.74) is 1.37. The minimum atomic E-state index is -0.191. The van der Waals surface area contributed by atoms with E-state index in [2.05, 4.69) is 0 Å². The molecule has 0 saturated heterocycles. The number of hydrogen-bond donors (Lipinski definition) is 2. The molecule has 0 heterocycles. The monoisotopic (exact) mass is 370 g/mol. The second-order valence-electron chi connectivity index (χ2n) is 5.12. The molecule has 0 aliphatic carbocycles. The van der Waals surface area contributed by atoms with Crippen LogP contribution in [-0.4, -0.2) is 22.6 Å². The molecule has 2 aromatic rings. The third-order valence-electron chi connectivity index (χ3n) is 3.07. The van der Waals surface area contributed by atoms with E-state index in [9.17, 15) is 9.90 Å². The SMILES string of the molecule is CC(=O)c1cc(Cl)c(O)c(Cl)c1.CCCOc1c(C)cccc1O. The van der Waals surface area contributed by atoms with Gasteiger partial charge < -0.3 is 14.9 Å². The van der Waals surface area contributed by atoms with Crippen LogP contribution in [0.25, 0.3) is 0 Å². The molecule has 6 heteroatoms. The Morgan fingerprint density at radius 1 is 1.17 bits per heavy atom. The maximum atomic E-state index is 10.9. The first-order valence-electron chi connectivity index (χ1n) is 7.38. The van der Waals surface area contributed by atoms with Gasteiger partial charge in [-0.15, -0.1) is 0 Å². The lowest BCUT2D eigenvalue weighted by Gasteiger charge is -2.08. The van der Waals surface area contributed by atoms with Crippen molar-refractivity contribution in [3.63, 3.8) is 0 Å². The summed E-state index contributed by atoms with van der Waals surface area (Å²) in [5.74, 6) is 0.505. The van der Waals surface area contributed by atoms with E-state index >= 15 is 0 Å². The zero-order valence-corrected chi connectivity index (χ0v) is 15.3. The molecule has 0 spiro atoms. The summed E-state index contributed by atoms with van der Waals surface area (Å²) >= 11 is 11.2. The predicted molar refractivity (Wildman–Crippen MR) is 96.8 cm³/mol. The van der Waals surface area contributed by atoms with Crippen LogP contribution < -0.4 is 4.74 Å². The van der Waals surface area contributed by atoms with E-state index in [0.717, 1.165) is 12.0 Å². The van der Waals surface area contributed by atoms with E-state index in [0.29, 0.717) is 17.9 Å². The number of carbonyl (C=O) groups is 1. The molecule has 0 saturated carbocycles. The van der Waals surface area contributed by atoms with Crippen molar-refractivity contribution in [3.05, 3.63) is 51.5 Å². The number of para-hydroxylation sites is 1. The van der Waals surface area contributed by atoms with Crippen LogP contribution >= 0.6 is 23.2 Å². The highest BCUT2D eigenvalue weighted by Crippen LogP contribution is 2.32. The zero-order valence-electron chi connectivity index (χ0n) is 13.8. The fourth-order valence-corrected chi connectivity index (χ4v) is 2.28. The molecule has 2 N–H and O–H groups in total. The normalized spacial score (nSPS) is 9.88. The molecular weight excluding hydrogens is 351 g/mol. The van der Waals surface area contributed by atoms with E-state index in [1.807, 2.05) is 26.0 Å². The number of ketones is 1. The van der Waals surface area contributed by atoms with Crippen molar-refractivity contribution in [2.75, 3.05) is 6.61 Å². The third-order valence-corrected chi connectivity index (χ3v) is 3.64. The highest BCUT2D eigenvalue weighted by Gasteiger charge is 2.08. The minimum Gasteiger partial charge on any atom is -0.505 e. The van der Waals surface area contributed by atoms with Crippen molar-refractivity contribution in [2.45, 2.75) is 27.2 Å². The molecule has 0 aliphatic heterocycles. The first-order chi connectivity index (χ1) is 11.3. The Morgan fingerprint density at radius 3 is 2.21 bits per heavy atom. The number of carbonyl (C=O) groups excluding carboxylic acids is 1. The predicted octanol–water partition coefficient (Wildman–Crippen LogP) is 5.39. The number of rotatable bonds is 4. The minimum absolute atomic E-state index is 0.0905. The molecule has 0 fully saturated rings. The smallest absolute Gasteiger partial charge is 0.163 e. The number of aromatic hydroxyl groups is 2. The molecule has 0 aromatic heterocycles. The standard InChI is InChI=1S/C10H14O2.C8H6Cl2O2/c1-3-7-12-10-8(2)5-4-6-9(10)11;1-4(11)5-2-6(9)8(12)7(10)3-5/h4-6,11H,3,7H2,1-2H3;2-3,12H,1H3. The summed E-state index contributed by atoms with van der Waals surface area (Å²) in [5, 5.41) is 18.7. The van der Waals surface area contributed by atoms with Gasteiger partial charge >= 0.3 is 0 Å². The molecule has 2 rings (SSSR count). The number of benzene rings is 2. The van der Waals surface area contributed by atoms with Gasteiger partial charge in [0, 0.05) is 5.56 Å². The molecule has 4 nitrogen and oxygen atoms in total. The number of hydrogen-bond acceptors (Lipinski definition) is 4. The summed E-state index contributed by atoms with van der Waals surface area (Å²) in [6.07, 6.45) is 0.952. The Bertz CT molecular complexity index is 671. The Hall–Kier alpha value is -1.91. The lowest BCUT2D eigenvalue weighted by atomic mass is 10.1. The molecule has 24 heavy (non-hydrogen) atoms. The van der Waals surface area contributed by atoms with Gasteiger partial charge in [-0.05, 0) is 44.0 Å². The van der Waals surface area contributed by atoms with Gasteiger partial charge in [-0.25, -0.2) is 0 Å². The lowest BCUT2D eigenvalue weighted by molar-refractivity contribution is 0.101. The molecular formula is C18H20Cl2O4. The van der Waals surface area contributed by atoms with Crippen molar-refractivity contribution in [1.82, 2.24) is 0 Å². The van der Waals surface area contributed by atoms with Crippen molar-refractivity contribution < 1.29 is 19.7 Å². The topological polar surface area (TPSA) is 66.8 Å². The van der Waals surface area contributed by atoms with Crippen LogP contribution in [0.15, 0.2) is 30.3 Å². The van der Waals surface area contributed by atoms with E-state index in [1.54, 1.807) is 6.07 Å². The van der Waals surface area contributed by atoms with Gasteiger partial charge in [-0.3, -0.25) is 4.79 Å². The fraction of sp³-hybridized carbons (Fsp3) is 0.278. The number of aryl methyl sites for hydroxylation is 1. The zero-order chi connectivity index (χ0) is 18.3. The van der Waals surface area contributed by atoms with Crippen molar-refractivity contribution in [3.8, 4) is 17.2 Å². The summed E-state index contributed by atoms with van der Waals surface area (Å²) in [4.78, 5) is 10.9. The van der Waals surface area contributed by atoms with E-state index in [-0.39, 0.29) is 27.3 Å². The Kier molecular flexibility index (Phi) is 7.89. The second kappa shape index (κ2) is 9.40. The van der Waals surface area contributed by atoms with Gasteiger partial charge in [-0.2, -0.15) is 0 Å². The maximum absolute atomic E-state index is 10.9. The summed E-state index contributed by atoms with van der Waals surface area (Å²) < 4.78 is 5.37. The fourth-order valence-electron chi connectivity index (χ4n) is 1.80. The van der Waals surface area contributed by atoms with Crippen LogP contribution in [0.4, 0.5) is 0 Å². The lowest BCUT2D eigenvalue weighted by Crippen LogP contribution is -1.96. The first-order valence-corrected chi connectivity index (χ1v) is 8.13. The van der Waals surface area contributed by atoms with Crippen molar-refractivity contribution in [2.24, 2.45) is 0 Å². The average molecular weight is 371 g/mol. The number of halogens is 2. The highest BCUT2D eigenvalue weighted by atomic mass is 35.5. The van der Waals surface area contributed by atoms with E-state index < -0.39 is 0 Å². The summed E-state index contributed by atoms with van der Waals surface area (Å²) in [6.45, 7) is 6.01. The molecule has 0 bridgehead atoms. The molecule has 0 radical (unpaired) electrons. The molecule has 2 aromatic carbocycles. The Morgan fingerprint density at radius 2 is 1.75 bits per heavy atom.